The highest BCUT2D eigenvalue weighted by molar-refractivity contribution is 7.89. The second-order valence-electron chi connectivity index (χ2n) is 4.60. The first-order valence-electron chi connectivity index (χ1n) is 6.34. The average molecular weight is 355 g/mol. The van der Waals surface area contributed by atoms with Gasteiger partial charge in [-0.1, -0.05) is 0 Å². The van der Waals surface area contributed by atoms with Crippen LogP contribution in [-0.4, -0.2) is 52.0 Å². The quantitative estimate of drug-likeness (QED) is 0.825. The zero-order valence-corrected chi connectivity index (χ0v) is 14.3. The third-order valence-corrected chi connectivity index (χ3v) is 6.34. The molecule has 0 spiro atoms. The number of carbonyl (C=O) groups is 1. The van der Waals surface area contributed by atoms with E-state index in [0.717, 1.165) is 24.2 Å². The maximum absolute atomic E-state index is 12.6. The molecule has 1 fully saturated rings. The first kappa shape index (κ1) is 18.4. The van der Waals surface area contributed by atoms with Crippen LogP contribution in [0.25, 0.3) is 0 Å². The van der Waals surface area contributed by atoms with Crippen LogP contribution in [0, 0.1) is 0 Å². The number of rotatable bonds is 4. The largest absolute Gasteiger partial charge is 0.465 e. The molecule has 6 nitrogen and oxygen atoms in total. The van der Waals surface area contributed by atoms with E-state index in [4.69, 9.17) is 0 Å². The summed E-state index contributed by atoms with van der Waals surface area (Å²) in [6.45, 7) is 0.909. The van der Waals surface area contributed by atoms with Gasteiger partial charge in [0.2, 0.25) is 10.0 Å². The third-order valence-electron chi connectivity index (χ3n) is 3.41. The monoisotopic (exact) mass is 354 g/mol. The maximum Gasteiger partial charge on any atom is 0.349 e. The van der Waals surface area contributed by atoms with Crippen LogP contribution in [0.2, 0.25) is 0 Å². The van der Waals surface area contributed by atoms with E-state index >= 15 is 0 Å². The molecule has 0 aromatic carbocycles. The summed E-state index contributed by atoms with van der Waals surface area (Å²) < 4.78 is 31.4. The van der Waals surface area contributed by atoms with Crippen LogP contribution in [-0.2, 0) is 14.8 Å². The van der Waals surface area contributed by atoms with Crippen LogP contribution in [0.15, 0.2) is 16.3 Å². The number of nitrogens with zero attached hydrogens (tertiary/aromatic N) is 1. The van der Waals surface area contributed by atoms with Crippen molar-refractivity contribution in [1.29, 1.82) is 0 Å². The minimum Gasteiger partial charge on any atom is -0.465 e. The van der Waals surface area contributed by atoms with Gasteiger partial charge in [-0.05, 0) is 31.3 Å². The summed E-state index contributed by atoms with van der Waals surface area (Å²) in [5.74, 6) is -0.610. The Morgan fingerprint density at radius 2 is 2.24 bits per heavy atom. The van der Waals surface area contributed by atoms with Crippen LogP contribution < -0.4 is 5.32 Å². The van der Waals surface area contributed by atoms with Crippen LogP contribution >= 0.6 is 23.7 Å². The van der Waals surface area contributed by atoms with Gasteiger partial charge in [-0.2, -0.15) is 4.31 Å². The smallest absolute Gasteiger partial charge is 0.349 e. The summed E-state index contributed by atoms with van der Waals surface area (Å²) in [4.78, 5) is 11.8. The lowest BCUT2D eigenvalue weighted by Gasteiger charge is -2.31. The minimum absolute atomic E-state index is 0. The molecule has 1 aliphatic rings. The third kappa shape index (κ3) is 3.75. The van der Waals surface area contributed by atoms with Gasteiger partial charge in [-0.25, -0.2) is 13.2 Å². The Kier molecular flexibility index (Phi) is 6.61. The number of nitrogens with one attached hydrogen (secondary N) is 1. The van der Waals surface area contributed by atoms with Gasteiger partial charge < -0.3 is 10.1 Å². The van der Waals surface area contributed by atoms with Crippen molar-refractivity contribution in [3.05, 3.63) is 16.3 Å². The van der Waals surface area contributed by atoms with Crippen molar-refractivity contribution < 1.29 is 17.9 Å². The molecule has 9 heteroatoms. The molecule has 1 aromatic heterocycles. The molecule has 1 aromatic rings. The Morgan fingerprint density at radius 1 is 1.52 bits per heavy atom. The van der Waals surface area contributed by atoms with Gasteiger partial charge in [0.15, 0.2) is 0 Å². The van der Waals surface area contributed by atoms with Crippen LogP contribution in [0.4, 0.5) is 0 Å². The Labute approximate surface area is 134 Å². The van der Waals surface area contributed by atoms with Gasteiger partial charge in [0.1, 0.15) is 9.77 Å². The summed E-state index contributed by atoms with van der Waals surface area (Å²) in [5, 5.41) is 4.70. The van der Waals surface area contributed by atoms with Gasteiger partial charge in [0.25, 0.3) is 0 Å². The van der Waals surface area contributed by atoms with E-state index in [2.05, 4.69) is 10.1 Å². The summed E-state index contributed by atoms with van der Waals surface area (Å²) in [6.07, 6.45) is 1.76. The van der Waals surface area contributed by atoms with Gasteiger partial charge in [-0.3, -0.25) is 0 Å². The molecule has 1 unspecified atom stereocenters. The molecule has 1 N–H and O–H groups in total. The molecule has 0 saturated carbocycles. The lowest BCUT2D eigenvalue weighted by Crippen LogP contribution is -2.46. The number of esters is 1. The fourth-order valence-corrected chi connectivity index (χ4v) is 5.11. The van der Waals surface area contributed by atoms with Crippen molar-refractivity contribution in [2.24, 2.45) is 0 Å². The SMILES string of the molecule is CNC1CCCN(S(=O)(=O)c2ccsc2C(=O)OC)C1.Cl. The number of hydrogen-bond acceptors (Lipinski definition) is 6. The molecule has 1 atom stereocenters. The molecule has 0 amide bonds. The highest BCUT2D eigenvalue weighted by Gasteiger charge is 2.33. The number of thiophene rings is 1. The van der Waals surface area contributed by atoms with Gasteiger partial charge in [0, 0.05) is 19.1 Å². The van der Waals surface area contributed by atoms with Crippen LogP contribution in [0.5, 0.6) is 0 Å². The number of halogens is 1. The molecule has 120 valence electrons. The summed E-state index contributed by atoms with van der Waals surface area (Å²) in [6, 6.07) is 1.62. The van der Waals surface area contributed by atoms with Crippen molar-refractivity contribution in [1.82, 2.24) is 9.62 Å². The van der Waals surface area contributed by atoms with Crippen molar-refractivity contribution in [3.8, 4) is 0 Å². The topological polar surface area (TPSA) is 75.7 Å². The second kappa shape index (κ2) is 7.55. The van der Waals surface area contributed by atoms with Crippen molar-refractivity contribution >= 4 is 39.7 Å². The Hall–Kier alpha value is -0.670. The fourth-order valence-electron chi connectivity index (χ4n) is 2.28. The minimum atomic E-state index is -3.64. The predicted octanol–water partition coefficient (Wildman–Crippen LogP) is 1.33. The lowest BCUT2D eigenvalue weighted by molar-refractivity contribution is 0.0602. The molecule has 0 radical (unpaired) electrons. The summed E-state index contributed by atoms with van der Waals surface area (Å²) in [5.41, 5.74) is 0. The zero-order valence-electron chi connectivity index (χ0n) is 11.9. The predicted molar refractivity (Wildman–Crippen MR) is 83.7 cm³/mol. The van der Waals surface area contributed by atoms with Crippen molar-refractivity contribution in [3.63, 3.8) is 0 Å². The van der Waals surface area contributed by atoms with Crippen LogP contribution in [0.1, 0.15) is 22.5 Å². The first-order chi connectivity index (χ1) is 9.50. The Balaban J connectivity index is 0.00000220. The number of hydrogen-bond donors (Lipinski definition) is 1. The molecular weight excluding hydrogens is 336 g/mol. The van der Waals surface area contributed by atoms with E-state index in [1.807, 2.05) is 7.05 Å². The number of sulfonamides is 1. The zero-order chi connectivity index (χ0) is 14.8. The molecule has 1 saturated heterocycles. The van der Waals surface area contributed by atoms with Gasteiger partial charge in [-0.15, -0.1) is 23.7 Å². The van der Waals surface area contributed by atoms with E-state index in [9.17, 15) is 13.2 Å². The second-order valence-corrected chi connectivity index (χ2v) is 7.42. The number of piperidine rings is 1. The first-order valence-corrected chi connectivity index (χ1v) is 8.66. The normalized spacial score (nSPS) is 19.8. The van der Waals surface area contributed by atoms with E-state index in [0.29, 0.717) is 13.1 Å². The number of likely N-dealkylation sites (N-methyl/N-ethyl adjacent to an activating group) is 1. The molecular formula is C12H19ClN2O4S2. The number of ether oxygens (including phenoxy) is 1. The van der Waals surface area contributed by atoms with Crippen molar-refractivity contribution in [2.45, 2.75) is 23.8 Å². The number of carbonyl (C=O) groups excluding carboxylic acids is 1. The van der Waals surface area contributed by atoms with Crippen molar-refractivity contribution in [2.75, 3.05) is 27.2 Å². The lowest BCUT2D eigenvalue weighted by atomic mass is 10.1. The average Bonchev–Trinajstić information content (AvgIpc) is 2.96. The molecule has 21 heavy (non-hydrogen) atoms. The molecule has 2 rings (SSSR count). The summed E-state index contributed by atoms with van der Waals surface area (Å²) in [7, 11) is -0.573. The molecule has 0 bridgehead atoms. The summed E-state index contributed by atoms with van der Waals surface area (Å²) >= 11 is 1.08. The van der Waals surface area contributed by atoms with Gasteiger partial charge in [0.05, 0.1) is 7.11 Å². The van der Waals surface area contributed by atoms with E-state index in [-0.39, 0.29) is 28.2 Å². The van der Waals surface area contributed by atoms with Crippen LogP contribution in [0.3, 0.4) is 0 Å². The standard InChI is InChI=1S/C12H18N2O4S2.ClH/c1-13-9-4-3-6-14(8-9)20(16,17)10-5-7-19-11(10)12(15)18-2;/h5,7,9,13H,3-4,6,8H2,1-2H3;1H. The molecule has 1 aliphatic heterocycles. The van der Waals surface area contributed by atoms with E-state index in [1.165, 1.54) is 17.5 Å². The molecule has 2 heterocycles. The number of methoxy groups -OCH3 is 1. The highest BCUT2D eigenvalue weighted by Crippen LogP contribution is 2.27. The van der Waals surface area contributed by atoms with E-state index in [1.54, 1.807) is 5.38 Å². The maximum atomic E-state index is 12.6. The molecule has 0 aliphatic carbocycles. The Morgan fingerprint density at radius 3 is 2.86 bits per heavy atom. The van der Waals surface area contributed by atoms with Gasteiger partial charge >= 0.3 is 5.97 Å². The highest BCUT2D eigenvalue weighted by atomic mass is 35.5. The van der Waals surface area contributed by atoms with E-state index < -0.39 is 16.0 Å². The Bertz CT molecular complexity index is 588. The fraction of sp³-hybridized carbons (Fsp3) is 0.583.